The first kappa shape index (κ1) is 22.5. The van der Waals surface area contributed by atoms with E-state index in [0.29, 0.717) is 18.0 Å². The summed E-state index contributed by atoms with van der Waals surface area (Å²) in [6.45, 7) is 8.97. The largest absolute Gasteiger partial charge is 0.497 e. The maximum Gasteiger partial charge on any atom is 0.260 e. The Morgan fingerprint density at radius 2 is 2.00 bits per heavy atom. The molecule has 0 fully saturated rings. The molecule has 158 valence electrons. The summed E-state index contributed by atoms with van der Waals surface area (Å²) >= 11 is 0. The van der Waals surface area contributed by atoms with E-state index in [1.54, 1.807) is 36.1 Å². The molecule has 0 unspecified atom stereocenters. The third-order valence-electron chi connectivity index (χ3n) is 4.97. The Hall–Kier alpha value is -2.74. The molecule has 1 aliphatic heterocycles. The van der Waals surface area contributed by atoms with Crippen LogP contribution in [0.15, 0.2) is 53.1 Å². The zero-order valence-corrected chi connectivity index (χ0v) is 18.4. The normalized spacial score (nSPS) is 14.8. The number of anilines is 1. The van der Waals surface area contributed by atoms with Gasteiger partial charge in [-0.2, -0.15) is 0 Å². The molecule has 2 rings (SSSR count). The number of carbonyl (C=O) groups excluding carboxylic acids is 1. The van der Waals surface area contributed by atoms with Gasteiger partial charge in [-0.25, -0.2) is 8.42 Å². The van der Waals surface area contributed by atoms with Gasteiger partial charge in [0.2, 0.25) is 5.91 Å². The summed E-state index contributed by atoms with van der Waals surface area (Å²) in [5, 5.41) is 0. The third kappa shape index (κ3) is 4.48. The van der Waals surface area contributed by atoms with Crippen molar-refractivity contribution in [2.75, 3.05) is 31.6 Å². The first-order valence-corrected chi connectivity index (χ1v) is 10.7. The van der Waals surface area contributed by atoms with Gasteiger partial charge in [0.05, 0.1) is 24.8 Å². The van der Waals surface area contributed by atoms with Crippen molar-refractivity contribution in [2.45, 2.75) is 27.2 Å². The Labute approximate surface area is 172 Å². The highest BCUT2D eigenvalue weighted by Gasteiger charge is 2.32. The molecule has 1 amide bonds. The molecule has 0 saturated carbocycles. The van der Waals surface area contributed by atoms with Gasteiger partial charge in [0.25, 0.3) is 10.0 Å². The second-order valence-corrected chi connectivity index (χ2v) is 8.65. The van der Waals surface area contributed by atoms with Crippen LogP contribution in [0.3, 0.4) is 0 Å². The van der Waals surface area contributed by atoms with Crippen LogP contribution in [-0.2, 0) is 14.8 Å². The van der Waals surface area contributed by atoms with Gasteiger partial charge < -0.3 is 14.4 Å². The zero-order valence-electron chi connectivity index (χ0n) is 17.6. The number of allylic oxidation sites excluding steroid dienone is 3. The molecule has 0 N–H and O–H groups in total. The van der Waals surface area contributed by atoms with Gasteiger partial charge in [-0.3, -0.25) is 9.10 Å². The van der Waals surface area contributed by atoms with Crippen LogP contribution in [0.5, 0.6) is 11.5 Å². The van der Waals surface area contributed by atoms with E-state index in [0.717, 1.165) is 22.0 Å². The molecule has 0 aliphatic carbocycles. The number of nitrogens with zero attached hydrogens (tertiary/aromatic N) is 2. The molecule has 1 aliphatic rings. The van der Waals surface area contributed by atoms with Crippen LogP contribution in [0.25, 0.3) is 0 Å². The highest BCUT2D eigenvalue weighted by molar-refractivity contribution is 7.96. The van der Waals surface area contributed by atoms with Gasteiger partial charge in [0.15, 0.2) is 0 Å². The lowest BCUT2D eigenvalue weighted by Gasteiger charge is -2.28. The monoisotopic (exact) mass is 420 g/mol. The van der Waals surface area contributed by atoms with Gasteiger partial charge in [-0.1, -0.05) is 12.7 Å². The van der Waals surface area contributed by atoms with Crippen molar-refractivity contribution in [1.82, 2.24) is 4.90 Å². The van der Waals surface area contributed by atoms with Crippen LogP contribution in [-0.4, -0.2) is 46.5 Å². The number of hydrogen-bond donors (Lipinski definition) is 0. The van der Waals surface area contributed by atoms with Crippen molar-refractivity contribution < 1.29 is 22.7 Å². The van der Waals surface area contributed by atoms with Crippen molar-refractivity contribution in [1.29, 1.82) is 0 Å². The maximum absolute atomic E-state index is 13.3. The standard InChI is InChI=1S/C21H28N2O5S/c1-7-16(4)29(25,26)23(19-13-17(27-5)9-10-20(19)28-6)14-21(24)22-12-11-15(3)18(22)8-2/h7-10,13H,2,11-12,14H2,1,3-6H3/b16-7+. The fourth-order valence-electron chi connectivity index (χ4n) is 3.12. The first-order chi connectivity index (χ1) is 13.7. The molecule has 29 heavy (non-hydrogen) atoms. The molecule has 7 nitrogen and oxygen atoms in total. The Balaban J connectivity index is 2.56. The highest BCUT2D eigenvalue weighted by atomic mass is 32.2. The number of hydrogen-bond acceptors (Lipinski definition) is 5. The minimum absolute atomic E-state index is 0.132. The van der Waals surface area contributed by atoms with Crippen LogP contribution in [0.4, 0.5) is 5.69 Å². The average molecular weight is 421 g/mol. The molecular formula is C21H28N2O5S. The average Bonchev–Trinajstić information content (AvgIpc) is 3.10. The molecule has 0 atom stereocenters. The lowest BCUT2D eigenvalue weighted by atomic mass is 10.2. The number of carbonyl (C=O) groups is 1. The molecule has 8 heteroatoms. The molecule has 0 aromatic heterocycles. The third-order valence-corrected chi connectivity index (χ3v) is 6.93. The molecular weight excluding hydrogens is 392 g/mol. The van der Waals surface area contributed by atoms with Crippen LogP contribution in [0, 0.1) is 0 Å². The summed E-state index contributed by atoms with van der Waals surface area (Å²) in [4.78, 5) is 14.8. The van der Waals surface area contributed by atoms with Crippen molar-refractivity contribution in [3.8, 4) is 11.5 Å². The van der Waals surface area contributed by atoms with E-state index in [9.17, 15) is 13.2 Å². The number of sulfonamides is 1. The Kier molecular flexibility index (Phi) is 7.13. The zero-order chi connectivity index (χ0) is 21.8. The first-order valence-electron chi connectivity index (χ1n) is 9.21. The predicted octanol–water partition coefficient (Wildman–Crippen LogP) is 3.46. The van der Waals surface area contributed by atoms with E-state index < -0.39 is 10.0 Å². The number of rotatable bonds is 8. The second kappa shape index (κ2) is 9.17. The summed E-state index contributed by atoms with van der Waals surface area (Å²) in [6.07, 6.45) is 3.85. The van der Waals surface area contributed by atoms with Crippen LogP contribution in [0.2, 0.25) is 0 Å². The van der Waals surface area contributed by atoms with E-state index >= 15 is 0 Å². The molecule has 1 aromatic rings. The van der Waals surface area contributed by atoms with E-state index in [1.165, 1.54) is 27.2 Å². The summed E-state index contributed by atoms with van der Waals surface area (Å²) in [7, 11) is -1.02. The highest BCUT2D eigenvalue weighted by Crippen LogP contribution is 2.36. The predicted molar refractivity (Wildman–Crippen MR) is 114 cm³/mol. The number of ether oxygens (including phenoxy) is 2. The molecule has 0 spiro atoms. The summed E-state index contributed by atoms with van der Waals surface area (Å²) in [5.74, 6) is 0.438. The quantitative estimate of drug-likeness (QED) is 0.644. The van der Waals surface area contributed by atoms with Gasteiger partial charge >= 0.3 is 0 Å². The molecule has 1 aromatic carbocycles. The van der Waals surface area contributed by atoms with Crippen molar-refractivity contribution in [3.05, 3.63) is 53.1 Å². The second-order valence-electron chi connectivity index (χ2n) is 6.61. The Bertz CT molecular complexity index is 963. The van der Waals surface area contributed by atoms with Gasteiger partial charge in [0, 0.05) is 18.3 Å². The van der Waals surface area contributed by atoms with E-state index in [1.807, 2.05) is 6.92 Å². The fourth-order valence-corrected chi connectivity index (χ4v) is 4.45. The minimum atomic E-state index is -3.95. The maximum atomic E-state index is 13.3. The SMILES string of the molecule is C=CC1=C(C)CCN1C(=O)CN(c1cc(OC)ccc1OC)S(=O)(=O)/C(C)=C/C. The molecule has 0 bridgehead atoms. The lowest BCUT2D eigenvalue weighted by Crippen LogP contribution is -2.42. The van der Waals surface area contributed by atoms with Crippen molar-refractivity contribution in [2.24, 2.45) is 0 Å². The van der Waals surface area contributed by atoms with Gasteiger partial charge in [-0.15, -0.1) is 0 Å². The van der Waals surface area contributed by atoms with Crippen molar-refractivity contribution >= 4 is 21.6 Å². The van der Waals surface area contributed by atoms with Crippen LogP contribution in [0.1, 0.15) is 27.2 Å². The van der Waals surface area contributed by atoms with E-state index in [4.69, 9.17) is 9.47 Å². The number of methoxy groups -OCH3 is 2. The van der Waals surface area contributed by atoms with E-state index in [-0.39, 0.29) is 23.0 Å². The molecule has 0 radical (unpaired) electrons. The minimum Gasteiger partial charge on any atom is -0.497 e. The lowest BCUT2D eigenvalue weighted by molar-refractivity contribution is -0.127. The molecule has 1 heterocycles. The number of benzene rings is 1. The topological polar surface area (TPSA) is 76.2 Å². The van der Waals surface area contributed by atoms with Crippen LogP contribution >= 0.6 is 0 Å². The Morgan fingerprint density at radius 1 is 1.31 bits per heavy atom. The fraction of sp³-hybridized carbons (Fsp3) is 0.381. The smallest absolute Gasteiger partial charge is 0.260 e. The van der Waals surface area contributed by atoms with Crippen LogP contribution < -0.4 is 13.8 Å². The van der Waals surface area contributed by atoms with E-state index in [2.05, 4.69) is 6.58 Å². The summed E-state index contributed by atoms with van der Waals surface area (Å²) in [5.41, 5.74) is 2.01. The molecule has 0 saturated heterocycles. The van der Waals surface area contributed by atoms with Gasteiger partial charge in [0.1, 0.15) is 18.0 Å². The van der Waals surface area contributed by atoms with Crippen molar-refractivity contribution in [3.63, 3.8) is 0 Å². The Morgan fingerprint density at radius 3 is 2.55 bits per heavy atom. The summed E-state index contributed by atoms with van der Waals surface area (Å²) in [6, 6.07) is 4.83. The number of amides is 1. The summed E-state index contributed by atoms with van der Waals surface area (Å²) < 4.78 is 38.2. The van der Waals surface area contributed by atoms with Gasteiger partial charge in [-0.05, 0) is 51.0 Å².